The molecule has 2 atom stereocenters. The van der Waals surface area contributed by atoms with Crippen LogP contribution in [0.15, 0.2) is 67.0 Å². The number of nitrogens with zero attached hydrogens (tertiary/aromatic N) is 2. The number of rotatable bonds is 6. The topological polar surface area (TPSA) is 50.3 Å². The van der Waals surface area contributed by atoms with Gasteiger partial charge in [-0.05, 0) is 53.1 Å². The number of aromatic nitrogens is 1. The van der Waals surface area contributed by atoms with E-state index in [0.29, 0.717) is 18.1 Å². The number of sulfone groups is 1. The number of hydrogen-bond acceptors (Lipinski definition) is 4. The Labute approximate surface area is 185 Å². The number of likely N-dealkylation sites (tertiary alicyclic amines) is 1. The zero-order chi connectivity index (χ0) is 22.2. The molecule has 1 saturated heterocycles. The first-order valence-electron chi connectivity index (χ1n) is 9.76. The van der Waals surface area contributed by atoms with Crippen molar-refractivity contribution in [3.8, 4) is 0 Å². The third-order valence-corrected chi connectivity index (χ3v) is 7.45. The summed E-state index contributed by atoms with van der Waals surface area (Å²) in [5, 5.41) is -0.346. The third-order valence-electron chi connectivity index (χ3n) is 5.61. The highest BCUT2D eigenvalue weighted by Crippen LogP contribution is 2.42. The molecule has 2 heterocycles. The van der Waals surface area contributed by atoms with Crippen molar-refractivity contribution in [3.63, 3.8) is 0 Å². The van der Waals surface area contributed by atoms with Crippen LogP contribution in [0.3, 0.4) is 0 Å². The normalized spacial score (nSPS) is 17.2. The van der Waals surface area contributed by atoms with E-state index in [0.717, 1.165) is 35.6 Å². The van der Waals surface area contributed by atoms with E-state index in [4.69, 9.17) is 11.6 Å². The second kappa shape index (κ2) is 8.65. The predicted molar refractivity (Wildman–Crippen MR) is 117 cm³/mol. The molecule has 1 aromatic heterocycles. The van der Waals surface area contributed by atoms with Crippen LogP contribution >= 0.6 is 11.6 Å². The van der Waals surface area contributed by atoms with Crippen LogP contribution in [0.25, 0.3) is 0 Å². The second-order valence-electron chi connectivity index (χ2n) is 7.90. The summed E-state index contributed by atoms with van der Waals surface area (Å²) in [5.41, 5.74) is 2.18. The van der Waals surface area contributed by atoms with E-state index in [2.05, 4.69) is 9.88 Å². The van der Waals surface area contributed by atoms with Gasteiger partial charge in [-0.25, -0.2) is 17.2 Å². The summed E-state index contributed by atoms with van der Waals surface area (Å²) in [4.78, 5) is 6.23. The summed E-state index contributed by atoms with van der Waals surface area (Å²) in [5.74, 6) is -1.85. The number of pyridine rings is 1. The Bertz CT molecular complexity index is 1150. The third kappa shape index (κ3) is 4.79. The van der Waals surface area contributed by atoms with Crippen molar-refractivity contribution in [2.75, 3.05) is 19.3 Å². The monoisotopic (exact) mass is 462 g/mol. The van der Waals surface area contributed by atoms with Crippen LogP contribution in [0, 0.1) is 17.6 Å². The minimum absolute atomic E-state index is 0.110. The van der Waals surface area contributed by atoms with E-state index in [1.165, 1.54) is 0 Å². The maximum Gasteiger partial charge on any atom is 0.154 e. The van der Waals surface area contributed by atoms with E-state index < -0.39 is 26.7 Å². The van der Waals surface area contributed by atoms with Crippen LogP contribution in [-0.4, -0.2) is 37.6 Å². The molecule has 0 amide bonds. The maximum absolute atomic E-state index is 13.8. The number of halogens is 3. The highest BCUT2D eigenvalue weighted by atomic mass is 35.5. The van der Waals surface area contributed by atoms with Gasteiger partial charge in [0.2, 0.25) is 0 Å². The Morgan fingerprint density at radius 1 is 0.935 bits per heavy atom. The lowest BCUT2D eigenvalue weighted by molar-refractivity contribution is 0.0654. The standard InChI is InChI=1S/C23H21ClF2N2O2S/c1-31(29,30)23(17-10-20(25)12-21(26)11-17)18-13-28(14-18)22(16-6-8-27-9-7-16)15-2-4-19(24)5-3-15/h2-12,18,22-23H,13-14H2,1H3/t22-,23?/m0/s1. The molecule has 4 rings (SSSR count). The molecule has 8 heteroatoms. The minimum atomic E-state index is -3.58. The van der Waals surface area contributed by atoms with Gasteiger partial charge in [0.25, 0.3) is 0 Å². The summed E-state index contributed by atoms with van der Waals surface area (Å²) in [6.45, 7) is 0.928. The molecule has 0 saturated carbocycles. The van der Waals surface area contributed by atoms with Gasteiger partial charge in [-0.2, -0.15) is 0 Å². The fourth-order valence-electron chi connectivity index (χ4n) is 4.36. The average molecular weight is 463 g/mol. The van der Waals surface area contributed by atoms with E-state index in [9.17, 15) is 17.2 Å². The van der Waals surface area contributed by atoms with Gasteiger partial charge < -0.3 is 0 Å². The Hall–Kier alpha value is -2.35. The lowest BCUT2D eigenvalue weighted by Crippen LogP contribution is -2.52. The average Bonchev–Trinajstić information content (AvgIpc) is 2.66. The molecule has 1 unspecified atom stereocenters. The highest BCUT2D eigenvalue weighted by molar-refractivity contribution is 7.90. The Balaban J connectivity index is 1.64. The van der Waals surface area contributed by atoms with Crippen molar-refractivity contribution < 1.29 is 17.2 Å². The van der Waals surface area contributed by atoms with Crippen LogP contribution in [0.1, 0.15) is 28.0 Å². The number of benzene rings is 2. The SMILES string of the molecule is CS(=O)(=O)C(c1cc(F)cc(F)c1)C1CN([C@H](c2ccncc2)c2ccc(Cl)cc2)C1. The zero-order valence-electron chi connectivity index (χ0n) is 16.8. The molecule has 162 valence electrons. The molecule has 0 N–H and O–H groups in total. The molecule has 0 bridgehead atoms. The lowest BCUT2D eigenvalue weighted by atomic mass is 9.86. The van der Waals surface area contributed by atoms with Gasteiger partial charge in [0.05, 0.1) is 11.3 Å². The zero-order valence-corrected chi connectivity index (χ0v) is 18.3. The van der Waals surface area contributed by atoms with Gasteiger partial charge in [0.15, 0.2) is 9.84 Å². The highest BCUT2D eigenvalue weighted by Gasteiger charge is 2.43. The molecular weight excluding hydrogens is 442 g/mol. The molecule has 4 nitrogen and oxygen atoms in total. The predicted octanol–water partition coefficient (Wildman–Crippen LogP) is 4.82. The van der Waals surface area contributed by atoms with Gasteiger partial charge in [-0.3, -0.25) is 9.88 Å². The van der Waals surface area contributed by atoms with Gasteiger partial charge in [-0.15, -0.1) is 0 Å². The lowest BCUT2D eigenvalue weighted by Gasteiger charge is -2.47. The molecule has 0 spiro atoms. The Morgan fingerprint density at radius 2 is 1.48 bits per heavy atom. The molecule has 1 fully saturated rings. The van der Waals surface area contributed by atoms with Crippen LogP contribution in [0.5, 0.6) is 0 Å². The molecule has 1 aliphatic heterocycles. The largest absolute Gasteiger partial charge is 0.292 e. The quantitative estimate of drug-likeness (QED) is 0.527. The van der Waals surface area contributed by atoms with Crippen LogP contribution in [0.4, 0.5) is 8.78 Å². The molecule has 1 aliphatic rings. The van der Waals surface area contributed by atoms with Crippen LogP contribution in [0.2, 0.25) is 5.02 Å². The molecule has 3 aromatic rings. The minimum Gasteiger partial charge on any atom is -0.292 e. The first-order valence-corrected chi connectivity index (χ1v) is 12.1. The Kier molecular flexibility index (Phi) is 6.10. The molecule has 2 aromatic carbocycles. The molecule has 0 aliphatic carbocycles. The molecular formula is C23H21ClF2N2O2S. The first-order chi connectivity index (χ1) is 14.7. The van der Waals surface area contributed by atoms with Gasteiger partial charge in [0, 0.05) is 48.7 Å². The molecule has 0 radical (unpaired) electrons. The van der Waals surface area contributed by atoms with E-state index in [1.807, 2.05) is 36.4 Å². The van der Waals surface area contributed by atoms with Crippen molar-refractivity contribution in [2.24, 2.45) is 5.92 Å². The summed E-state index contributed by atoms with van der Waals surface area (Å²) in [6.07, 6.45) is 4.54. The van der Waals surface area contributed by atoms with Crippen LogP contribution < -0.4 is 0 Å². The van der Waals surface area contributed by atoms with Crippen molar-refractivity contribution in [1.29, 1.82) is 0 Å². The smallest absolute Gasteiger partial charge is 0.154 e. The van der Waals surface area contributed by atoms with Crippen molar-refractivity contribution in [3.05, 3.63) is 100 Å². The maximum atomic E-state index is 13.8. The summed E-state index contributed by atoms with van der Waals surface area (Å²) in [7, 11) is -3.58. The van der Waals surface area contributed by atoms with E-state index >= 15 is 0 Å². The fourth-order valence-corrected chi connectivity index (χ4v) is 5.99. The van der Waals surface area contributed by atoms with Crippen LogP contribution in [-0.2, 0) is 9.84 Å². The summed E-state index contributed by atoms with van der Waals surface area (Å²) in [6, 6.07) is 14.2. The Morgan fingerprint density at radius 3 is 2.03 bits per heavy atom. The van der Waals surface area contributed by atoms with Crippen molar-refractivity contribution in [2.45, 2.75) is 11.3 Å². The fraction of sp³-hybridized carbons (Fsp3) is 0.261. The van der Waals surface area contributed by atoms with E-state index in [-0.39, 0.29) is 17.5 Å². The summed E-state index contributed by atoms with van der Waals surface area (Å²) < 4.78 is 52.7. The van der Waals surface area contributed by atoms with Gasteiger partial charge in [-0.1, -0.05) is 23.7 Å². The number of hydrogen-bond donors (Lipinski definition) is 0. The summed E-state index contributed by atoms with van der Waals surface area (Å²) >= 11 is 6.05. The van der Waals surface area contributed by atoms with E-state index in [1.54, 1.807) is 12.4 Å². The molecule has 31 heavy (non-hydrogen) atoms. The van der Waals surface area contributed by atoms with Gasteiger partial charge >= 0.3 is 0 Å². The van der Waals surface area contributed by atoms with Crippen molar-refractivity contribution >= 4 is 21.4 Å². The first kappa shape index (κ1) is 21.9. The second-order valence-corrected chi connectivity index (χ2v) is 10.5. The van der Waals surface area contributed by atoms with Gasteiger partial charge in [0.1, 0.15) is 11.6 Å². The van der Waals surface area contributed by atoms with Crippen molar-refractivity contribution in [1.82, 2.24) is 9.88 Å².